The predicted molar refractivity (Wildman–Crippen MR) is 444 cm³/mol. The molecule has 47 nitrogen and oxygen atoms in total. The third-order valence-electron chi connectivity index (χ3n) is 19.3. The van der Waals surface area contributed by atoms with Gasteiger partial charge in [0.2, 0.25) is 88.6 Å². The molecule has 0 rings (SSSR count). The molecule has 0 aliphatic rings. The first-order valence-corrected chi connectivity index (χ1v) is 40.8. The molecular formula is C75H136N24O23. The van der Waals surface area contributed by atoms with Crippen LogP contribution in [0, 0.1) is 23.7 Å². The van der Waals surface area contributed by atoms with Gasteiger partial charge in [0.25, 0.3) is 0 Å². The number of carbonyl (C=O) groups excluding carboxylic acids is 15. The van der Waals surface area contributed by atoms with E-state index >= 15 is 0 Å². The van der Waals surface area contributed by atoms with E-state index in [-0.39, 0.29) is 114 Å². The maximum absolute atomic E-state index is 14.7. The largest absolute Gasteiger partial charge is 0.481 e. The number of guanidine groups is 2. The zero-order valence-electron chi connectivity index (χ0n) is 71.8. The van der Waals surface area contributed by atoms with Crippen molar-refractivity contribution in [2.45, 2.75) is 289 Å². The van der Waals surface area contributed by atoms with Gasteiger partial charge in [0.1, 0.15) is 90.6 Å². The molecule has 0 saturated carbocycles. The lowest BCUT2D eigenvalue weighted by molar-refractivity contribution is -0.142. The number of nitrogens with one attached hydrogen (secondary N) is 15. The molecule has 0 spiro atoms. The Morgan fingerprint density at radius 2 is 0.598 bits per heavy atom. The van der Waals surface area contributed by atoms with Crippen LogP contribution in [0.4, 0.5) is 0 Å². The molecule has 694 valence electrons. The van der Waals surface area contributed by atoms with Crippen molar-refractivity contribution >= 4 is 118 Å². The summed E-state index contributed by atoms with van der Waals surface area (Å²) in [5.41, 5.74) is 39.9. The molecule has 0 radical (unpaired) electrons. The lowest BCUT2D eigenvalue weighted by Crippen LogP contribution is -2.61. The Hall–Kier alpha value is -11.2. The van der Waals surface area contributed by atoms with Crippen LogP contribution >= 0.6 is 0 Å². The molecule has 47 heteroatoms. The first-order chi connectivity index (χ1) is 57.1. The monoisotopic (exact) mass is 1740 g/mol. The lowest BCUT2D eigenvalue weighted by atomic mass is 9.97. The molecule has 0 aliphatic carbocycles. The summed E-state index contributed by atoms with van der Waals surface area (Å²) in [5, 5.41) is 85.6. The number of carboxylic acids is 3. The minimum Gasteiger partial charge on any atom is -0.481 e. The highest BCUT2D eigenvalue weighted by molar-refractivity contribution is 6.01. The second-order valence-electron chi connectivity index (χ2n) is 30.8. The molecule has 18 atom stereocenters. The van der Waals surface area contributed by atoms with Crippen molar-refractivity contribution in [2.24, 2.45) is 73.8 Å². The van der Waals surface area contributed by atoms with Crippen LogP contribution in [0.25, 0.3) is 0 Å². The van der Waals surface area contributed by atoms with E-state index in [1.807, 2.05) is 6.92 Å². The SMILES string of the molecule is CC[C@H](C)[C@H](N)C(=O)N[C@@H](CCCCN)C(=O)N[C@@H](CC(C)C)C(=O)N[C@@H](C)C(=O)N[C@@H](CC(=O)O)C(=O)N[C@@H](CO)C(=O)N[C@@H](C)C(=O)N[C@@H](CC(C)C)C(=O)N[C@@H](CCC(=O)O)C(=O)N[C@@H](CCCN=C(N)N)C(=O)N[C@@H](CCCCN)C(=O)N[C@@H](CCCN=C(N)N)C(=O)N[C@H](C(=O)N[C@@H](CO)C(=O)N[C@@H](C)C(=O)N[C@@H](C)C(=O)O)[C@@H](C)CC. The van der Waals surface area contributed by atoms with Gasteiger partial charge in [0.05, 0.1) is 25.7 Å². The van der Waals surface area contributed by atoms with Gasteiger partial charge in [-0.25, -0.2) is 0 Å². The van der Waals surface area contributed by atoms with Crippen LogP contribution in [0.15, 0.2) is 9.98 Å². The summed E-state index contributed by atoms with van der Waals surface area (Å²) in [6.07, 6.45) is -1.13. The van der Waals surface area contributed by atoms with E-state index in [1.165, 1.54) is 20.8 Å². The molecule has 15 amide bonds. The summed E-state index contributed by atoms with van der Waals surface area (Å²) in [6, 6.07) is -24.5. The lowest BCUT2D eigenvalue weighted by Gasteiger charge is -2.29. The van der Waals surface area contributed by atoms with Crippen molar-refractivity contribution in [1.82, 2.24) is 79.8 Å². The normalized spacial score (nSPS) is 15.6. The number of hydrogen-bond acceptors (Lipinski definition) is 25. The molecule has 0 fully saturated rings. The average Bonchev–Trinajstić information content (AvgIpc) is 0.870. The quantitative estimate of drug-likeness (QED) is 0.0153. The van der Waals surface area contributed by atoms with Gasteiger partial charge in [-0.1, -0.05) is 68.2 Å². The second-order valence-corrected chi connectivity index (χ2v) is 30.8. The first-order valence-electron chi connectivity index (χ1n) is 40.8. The Balaban J connectivity index is 7.10. The van der Waals surface area contributed by atoms with Crippen LogP contribution < -0.4 is 120 Å². The number of nitrogens with zero attached hydrogens (tertiary/aromatic N) is 2. The third kappa shape index (κ3) is 43.9. The molecule has 0 aliphatic heterocycles. The molecule has 0 aromatic heterocycles. The molecule has 122 heavy (non-hydrogen) atoms. The van der Waals surface area contributed by atoms with Crippen molar-refractivity contribution in [3.8, 4) is 0 Å². The fraction of sp³-hybridized carbons (Fsp3) is 0.733. The van der Waals surface area contributed by atoms with Crippen molar-refractivity contribution in [3.05, 3.63) is 0 Å². The summed E-state index contributed by atoms with van der Waals surface area (Å²) in [5.74, 6) is -22.0. The minimum atomic E-state index is -1.99. The summed E-state index contributed by atoms with van der Waals surface area (Å²) in [6.45, 7) is 16.3. The summed E-state index contributed by atoms with van der Waals surface area (Å²) in [7, 11) is 0. The Labute approximate surface area is 709 Å². The van der Waals surface area contributed by atoms with E-state index in [0.29, 0.717) is 25.8 Å². The highest BCUT2D eigenvalue weighted by atomic mass is 16.4. The number of aliphatic hydroxyl groups is 2. The zero-order valence-corrected chi connectivity index (χ0v) is 71.8. The van der Waals surface area contributed by atoms with Gasteiger partial charge in [-0.05, 0) is 148 Å². The fourth-order valence-electron chi connectivity index (χ4n) is 11.5. The van der Waals surface area contributed by atoms with Crippen molar-refractivity contribution in [3.63, 3.8) is 0 Å². The number of rotatable bonds is 62. The van der Waals surface area contributed by atoms with E-state index in [9.17, 15) is 112 Å². The highest BCUT2D eigenvalue weighted by Crippen LogP contribution is 2.16. The standard InChI is InChI=1S/C75H136N24O23/c1-13-38(7)56(78)71(119)93-45(22-16-18-28-77)63(111)96-49(31-36(3)4)66(114)85-41(10)60(108)95-51(33-55(104)105)68(116)97-52(34-100)69(117)87-42(11)59(107)94-50(32-37(5)6)67(115)92-48(25-26-54(102)103)64(112)90-46(23-19-29-83-74(79)80)62(110)89-44(21-15-17-27-76)61(109)91-47(24-20-30-84-75(81)82)65(113)99-57(39(8)14-2)72(120)98-53(35-101)70(118)86-40(9)58(106)88-43(12)73(121)122/h36-53,56-57,100-101H,13-35,76-78H2,1-12H3,(H,85,114)(H,86,118)(H,87,117)(H,88,106)(H,89,110)(H,90,112)(H,91,109)(H,92,115)(H,93,119)(H,94,107)(H,95,108)(H,96,111)(H,97,116)(H,98,120)(H,99,113)(H,102,103)(H,104,105)(H,121,122)(H4,79,80,83)(H4,81,82,84)/t38-,39-,40-,41-,42-,43-,44-,45-,46-,47-,48-,49-,50-,51-,52-,53-,56-,57-/m0/s1. The van der Waals surface area contributed by atoms with Crippen LogP contribution in [-0.2, 0) is 86.3 Å². The molecular weight excluding hydrogens is 1600 g/mol. The number of aliphatic imine (C=N–C) groups is 2. The number of hydrogen-bond donors (Lipinski definition) is 27. The predicted octanol–water partition coefficient (Wildman–Crippen LogP) is -8.38. The third-order valence-corrected chi connectivity index (χ3v) is 19.3. The Morgan fingerprint density at radius 1 is 0.311 bits per heavy atom. The molecule has 0 saturated heterocycles. The van der Waals surface area contributed by atoms with Crippen LogP contribution in [0.3, 0.4) is 0 Å². The van der Waals surface area contributed by atoms with Crippen molar-refractivity contribution in [1.29, 1.82) is 0 Å². The smallest absolute Gasteiger partial charge is 0.325 e. The second kappa shape index (κ2) is 58.7. The van der Waals surface area contributed by atoms with Gasteiger partial charge >= 0.3 is 17.9 Å². The molecule has 0 aromatic rings. The average molecular weight is 1740 g/mol. The minimum absolute atomic E-state index is 0.0122. The van der Waals surface area contributed by atoms with Crippen LogP contribution in [0.2, 0.25) is 0 Å². The maximum atomic E-state index is 14.7. The number of carbonyl (C=O) groups is 18. The highest BCUT2D eigenvalue weighted by Gasteiger charge is 2.39. The first kappa shape index (κ1) is 111. The van der Waals surface area contributed by atoms with E-state index in [2.05, 4.69) is 89.7 Å². The van der Waals surface area contributed by atoms with Gasteiger partial charge in [-0.2, -0.15) is 0 Å². The van der Waals surface area contributed by atoms with E-state index in [1.54, 1.807) is 48.5 Å². The molecule has 0 bridgehead atoms. The zero-order chi connectivity index (χ0) is 93.4. The molecule has 0 aromatic carbocycles. The Bertz CT molecular complexity index is 3530. The Kier molecular flexibility index (Phi) is 53.3. The summed E-state index contributed by atoms with van der Waals surface area (Å²) >= 11 is 0. The number of aliphatic hydroxyl groups excluding tert-OH is 2. The molecule has 0 heterocycles. The topological polar surface area (TPSA) is 796 Å². The number of amides is 15. The van der Waals surface area contributed by atoms with Gasteiger partial charge in [0, 0.05) is 19.5 Å². The number of unbranched alkanes of at least 4 members (excludes halogenated alkanes) is 2. The maximum Gasteiger partial charge on any atom is 0.325 e. The molecule has 0 unspecified atom stereocenters. The van der Waals surface area contributed by atoms with Gasteiger partial charge in [-0.15, -0.1) is 0 Å². The van der Waals surface area contributed by atoms with Gasteiger partial charge in [-0.3, -0.25) is 96.3 Å². The number of nitrogens with two attached hydrogens (primary N) is 7. The van der Waals surface area contributed by atoms with E-state index < -0.39 is 247 Å². The van der Waals surface area contributed by atoms with Crippen LogP contribution in [0.5, 0.6) is 0 Å². The van der Waals surface area contributed by atoms with E-state index in [4.69, 9.17) is 40.1 Å². The van der Waals surface area contributed by atoms with Gasteiger partial charge < -0.3 is 145 Å². The molecule has 34 N–H and O–H groups in total. The van der Waals surface area contributed by atoms with Crippen LogP contribution in [0.1, 0.15) is 192 Å². The number of carboxylic acid groups (broad SMARTS) is 3. The van der Waals surface area contributed by atoms with Crippen molar-refractivity contribution in [2.75, 3.05) is 39.4 Å². The Morgan fingerprint density at radius 3 is 0.943 bits per heavy atom. The van der Waals surface area contributed by atoms with Crippen LogP contribution in [-0.4, -0.2) is 280 Å². The number of aliphatic carboxylic acids is 3. The van der Waals surface area contributed by atoms with E-state index in [0.717, 1.165) is 6.92 Å². The summed E-state index contributed by atoms with van der Waals surface area (Å²) < 4.78 is 0. The fourth-order valence-corrected chi connectivity index (χ4v) is 11.5. The van der Waals surface area contributed by atoms with Gasteiger partial charge in [0.15, 0.2) is 11.9 Å². The van der Waals surface area contributed by atoms with Crippen molar-refractivity contribution < 1.29 is 112 Å². The summed E-state index contributed by atoms with van der Waals surface area (Å²) in [4.78, 5) is 252.